The second-order valence-electron chi connectivity index (χ2n) is 12.2. The van der Waals surface area contributed by atoms with Crippen LogP contribution in [0.2, 0.25) is 0 Å². The number of aromatic nitrogens is 5. The molecule has 3 N–H and O–H groups in total. The summed E-state index contributed by atoms with van der Waals surface area (Å²) in [5.41, 5.74) is 13.3. The Kier molecular flexibility index (Phi) is 9.10. The molecule has 0 saturated carbocycles. The van der Waals surface area contributed by atoms with E-state index in [2.05, 4.69) is 36.8 Å². The molecule has 4 aromatic heterocycles. The zero-order valence-corrected chi connectivity index (χ0v) is 28.7. The Morgan fingerprint density at radius 3 is 2.62 bits per heavy atom. The fourth-order valence-electron chi connectivity index (χ4n) is 5.98. The van der Waals surface area contributed by atoms with Crippen molar-refractivity contribution in [1.82, 2.24) is 29.6 Å². The minimum atomic E-state index is -0.583. The number of nitrogens with one attached hydrogen (secondary N) is 1. The number of pyridine rings is 1. The van der Waals surface area contributed by atoms with Crippen molar-refractivity contribution in [3.05, 3.63) is 96.5 Å². The summed E-state index contributed by atoms with van der Waals surface area (Å²) in [5, 5.41) is 8.06. The fourth-order valence-corrected chi connectivity index (χ4v) is 7.44. The standard InChI is InChI=1S/C37H35FN8O3S/c1-21-15-26(44-36(47)22(2)19-46-11-13-48-14-12-46)6-7-27(21)33-31(24-5-8-30(29(38)16-24)49-37-40-10-9-23(3)43-37)32-34(50-33)28(18-41-35(32)39)25-17-42-45(4)20-25/h5-10,15-18,20H,2,11-14,19H2,1,3-4H3,(H2,39,41)(H,44,47). The van der Waals surface area contributed by atoms with E-state index < -0.39 is 5.82 Å². The number of thiophene rings is 1. The Morgan fingerprint density at radius 2 is 1.90 bits per heavy atom. The van der Waals surface area contributed by atoms with Gasteiger partial charge in [0.2, 0.25) is 0 Å². The van der Waals surface area contributed by atoms with Crippen molar-refractivity contribution in [2.75, 3.05) is 43.9 Å². The van der Waals surface area contributed by atoms with Crippen molar-refractivity contribution >= 4 is 38.8 Å². The number of carbonyl (C=O) groups excluding carboxylic acids is 1. The van der Waals surface area contributed by atoms with Crippen molar-refractivity contribution in [2.45, 2.75) is 13.8 Å². The van der Waals surface area contributed by atoms with Crippen molar-refractivity contribution in [3.8, 4) is 44.5 Å². The highest BCUT2D eigenvalue weighted by Gasteiger charge is 2.24. The molecule has 0 atom stereocenters. The maximum absolute atomic E-state index is 15.8. The Labute approximate surface area is 292 Å². The molecule has 1 saturated heterocycles. The van der Waals surface area contributed by atoms with Crippen LogP contribution in [0.3, 0.4) is 0 Å². The predicted octanol–water partition coefficient (Wildman–Crippen LogP) is 6.78. The lowest BCUT2D eigenvalue weighted by Crippen LogP contribution is -2.38. The number of nitrogens with two attached hydrogens (primary N) is 1. The molecule has 11 nitrogen and oxygen atoms in total. The molecule has 50 heavy (non-hydrogen) atoms. The summed E-state index contributed by atoms with van der Waals surface area (Å²) in [6.07, 6.45) is 7.00. The summed E-state index contributed by atoms with van der Waals surface area (Å²) in [7, 11) is 1.85. The highest BCUT2D eigenvalue weighted by atomic mass is 32.1. The van der Waals surface area contributed by atoms with Crippen LogP contribution in [-0.4, -0.2) is 68.4 Å². The average Bonchev–Trinajstić information content (AvgIpc) is 3.71. The van der Waals surface area contributed by atoms with Gasteiger partial charge in [0.1, 0.15) is 5.82 Å². The molecule has 13 heteroatoms. The third-order valence-electron chi connectivity index (χ3n) is 8.52. The van der Waals surface area contributed by atoms with Crippen LogP contribution in [-0.2, 0) is 16.6 Å². The molecule has 2 aromatic carbocycles. The Bertz CT molecular complexity index is 2260. The minimum Gasteiger partial charge on any atom is -0.421 e. The number of anilines is 2. The lowest BCUT2D eigenvalue weighted by Gasteiger charge is -2.26. The van der Waals surface area contributed by atoms with Crippen molar-refractivity contribution < 1.29 is 18.7 Å². The number of nitrogen functional groups attached to an aromatic ring is 1. The normalized spacial score (nSPS) is 13.4. The van der Waals surface area contributed by atoms with Crippen LogP contribution in [0.5, 0.6) is 11.8 Å². The number of nitrogens with zero attached hydrogens (tertiary/aromatic N) is 6. The first-order valence-electron chi connectivity index (χ1n) is 16.0. The van der Waals surface area contributed by atoms with Gasteiger partial charge in [0.05, 0.1) is 19.4 Å². The van der Waals surface area contributed by atoms with Gasteiger partial charge in [-0.05, 0) is 60.9 Å². The van der Waals surface area contributed by atoms with E-state index in [0.717, 1.165) is 50.5 Å². The molecule has 6 aromatic rings. The first-order valence-corrected chi connectivity index (χ1v) is 16.8. The smallest absolute Gasteiger partial charge is 0.322 e. The molecule has 254 valence electrons. The monoisotopic (exact) mass is 690 g/mol. The second kappa shape index (κ2) is 13.8. The van der Waals surface area contributed by atoms with E-state index in [1.165, 1.54) is 6.07 Å². The zero-order valence-electron chi connectivity index (χ0n) is 27.9. The van der Waals surface area contributed by atoms with Crippen LogP contribution in [0.1, 0.15) is 11.3 Å². The number of rotatable bonds is 9. The van der Waals surface area contributed by atoms with Crippen LogP contribution in [0, 0.1) is 19.7 Å². The Hall–Kier alpha value is -5.50. The van der Waals surface area contributed by atoms with Gasteiger partial charge in [-0.25, -0.2) is 19.3 Å². The first-order chi connectivity index (χ1) is 24.1. The highest BCUT2D eigenvalue weighted by molar-refractivity contribution is 7.23. The van der Waals surface area contributed by atoms with E-state index in [9.17, 15) is 4.79 Å². The zero-order chi connectivity index (χ0) is 34.9. The molecule has 5 heterocycles. The number of hydrogen-bond acceptors (Lipinski definition) is 10. The quantitative estimate of drug-likeness (QED) is 0.158. The number of hydrogen-bond donors (Lipinski definition) is 2. The van der Waals surface area contributed by atoms with E-state index in [1.807, 2.05) is 38.4 Å². The van der Waals surface area contributed by atoms with Gasteiger partial charge in [0.25, 0.3) is 5.91 Å². The van der Waals surface area contributed by atoms with Gasteiger partial charge in [-0.2, -0.15) is 5.10 Å². The summed E-state index contributed by atoms with van der Waals surface area (Å²) in [5.74, 6) is -0.506. The van der Waals surface area contributed by atoms with Crippen molar-refractivity contribution in [2.24, 2.45) is 7.05 Å². The average molecular weight is 691 g/mol. The lowest BCUT2D eigenvalue weighted by molar-refractivity contribution is -0.113. The number of halogens is 1. The van der Waals surface area contributed by atoms with Gasteiger partial charge in [0, 0.05) is 93.9 Å². The number of morpholine rings is 1. The lowest BCUT2D eigenvalue weighted by atomic mass is 9.95. The molecule has 1 aliphatic heterocycles. The van der Waals surface area contributed by atoms with E-state index in [1.54, 1.807) is 59.7 Å². The number of carbonyl (C=O) groups is 1. The molecule has 1 aliphatic rings. The summed E-state index contributed by atoms with van der Waals surface area (Å²) in [6, 6.07) is 12.3. The van der Waals surface area contributed by atoms with Gasteiger partial charge in [-0.1, -0.05) is 18.7 Å². The molecular formula is C37H35FN8O3S. The van der Waals surface area contributed by atoms with E-state index in [-0.39, 0.29) is 17.7 Å². The third-order valence-corrected chi connectivity index (χ3v) is 9.78. The van der Waals surface area contributed by atoms with Crippen LogP contribution in [0.15, 0.2) is 79.4 Å². The van der Waals surface area contributed by atoms with E-state index >= 15 is 4.39 Å². The van der Waals surface area contributed by atoms with Crippen LogP contribution in [0.4, 0.5) is 15.9 Å². The Balaban J connectivity index is 1.29. The molecular weight excluding hydrogens is 656 g/mol. The molecule has 0 spiro atoms. The number of benzene rings is 2. The van der Waals surface area contributed by atoms with Gasteiger partial charge in [-0.15, -0.1) is 11.3 Å². The SMILES string of the molecule is C=C(CN1CCOCC1)C(=O)Nc1ccc(-c2sc3c(-c4cnn(C)c4)cnc(N)c3c2-c2ccc(Oc3nccc(C)n3)c(F)c2)c(C)c1. The second-order valence-corrected chi connectivity index (χ2v) is 13.2. The number of aryl methyl sites for hydroxylation is 3. The minimum absolute atomic E-state index is 0.00550. The number of fused-ring (bicyclic) bond motifs is 1. The van der Waals surface area contributed by atoms with Gasteiger partial charge < -0.3 is 20.5 Å². The first kappa shape index (κ1) is 33.0. The van der Waals surface area contributed by atoms with E-state index in [0.29, 0.717) is 53.5 Å². The maximum atomic E-state index is 15.8. The molecule has 0 unspecified atom stereocenters. The van der Waals surface area contributed by atoms with Crippen molar-refractivity contribution in [1.29, 1.82) is 0 Å². The predicted molar refractivity (Wildman–Crippen MR) is 194 cm³/mol. The largest absolute Gasteiger partial charge is 0.421 e. The molecule has 0 bridgehead atoms. The summed E-state index contributed by atoms with van der Waals surface area (Å²) >= 11 is 1.54. The van der Waals surface area contributed by atoms with Gasteiger partial charge in [0.15, 0.2) is 11.6 Å². The molecule has 0 aliphatic carbocycles. The van der Waals surface area contributed by atoms with Crippen LogP contribution in [0.25, 0.3) is 42.8 Å². The molecule has 0 radical (unpaired) electrons. The fraction of sp³-hybridized carbons (Fsp3) is 0.216. The van der Waals surface area contributed by atoms with Gasteiger partial charge >= 0.3 is 6.01 Å². The summed E-state index contributed by atoms with van der Waals surface area (Å²) in [4.78, 5) is 29.0. The molecule has 1 fully saturated rings. The molecule has 7 rings (SSSR count). The topological polar surface area (TPSA) is 133 Å². The van der Waals surface area contributed by atoms with Gasteiger partial charge in [-0.3, -0.25) is 14.4 Å². The van der Waals surface area contributed by atoms with Crippen LogP contribution >= 0.6 is 11.3 Å². The van der Waals surface area contributed by atoms with E-state index in [4.69, 9.17) is 15.2 Å². The Morgan fingerprint density at radius 1 is 1.08 bits per heavy atom. The maximum Gasteiger partial charge on any atom is 0.322 e. The van der Waals surface area contributed by atoms with Crippen molar-refractivity contribution in [3.63, 3.8) is 0 Å². The highest BCUT2D eigenvalue weighted by Crippen LogP contribution is 2.50. The summed E-state index contributed by atoms with van der Waals surface area (Å²) in [6.45, 7) is 11.1. The number of amides is 1. The number of ether oxygens (including phenoxy) is 2. The summed E-state index contributed by atoms with van der Waals surface area (Å²) < 4.78 is 29.5. The third kappa shape index (κ3) is 6.70. The molecule has 1 amide bonds. The van der Waals surface area contributed by atoms with Crippen LogP contribution < -0.4 is 15.8 Å².